The minimum absolute atomic E-state index is 0.0848. The summed E-state index contributed by atoms with van der Waals surface area (Å²) >= 11 is 13.5. The van der Waals surface area contributed by atoms with Crippen molar-refractivity contribution in [1.29, 1.82) is 0 Å². The number of ether oxygens (including phenoxy) is 7. The van der Waals surface area contributed by atoms with Gasteiger partial charge in [0.15, 0.2) is 28.6 Å². The quantitative estimate of drug-likeness (QED) is 0.115. The highest BCUT2D eigenvalue weighted by molar-refractivity contribution is 8.22. The van der Waals surface area contributed by atoms with E-state index in [1.54, 1.807) is 101 Å². The molecule has 18 heteroatoms. The Morgan fingerprint density at radius 1 is 0.359 bits per heavy atom. The van der Waals surface area contributed by atoms with Crippen LogP contribution >= 0.6 is 94.1 Å². The van der Waals surface area contributed by atoms with E-state index in [1.807, 2.05) is 41.5 Å². The third kappa shape index (κ3) is 7.88. The predicted octanol–water partition coefficient (Wildman–Crippen LogP) is 14.0. The molecule has 0 atom stereocenters. The van der Waals surface area contributed by atoms with Gasteiger partial charge in [-0.25, -0.2) is 14.4 Å². The van der Waals surface area contributed by atoms with E-state index in [4.69, 9.17) is 33.2 Å². The van der Waals surface area contributed by atoms with E-state index in [1.165, 1.54) is 0 Å². The summed E-state index contributed by atoms with van der Waals surface area (Å²) in [5, 5.41) is 0. The molecule has 0 spiro atoms. The largest absolute Gasteiger partial charge is 0.462 e. The van der Waals surface area contributed by atoms with E-state index in [2.05, 4.69) is 55.4 Å². The van der Waals surface area contributed by atoms with Gasteiger partial charge in [-0.15, -0.1) is 94.1 Å². The molecule has 64 heavy (non-hydrogen) atoms. The molecule has 0 N–H and O–H groups in total. The normalized spacial score (nSPS) is 21.1. The lowest BCUT2D eigenvalue weighted by atomic mass is 9.81. The lowest BCUT2D eigenvalue weighted by Crippen LogP contribution is -2.31. The van der Waals surface area contributed by atoms with Crippen molar-refractivity contribution >= 4 is 112 Å². The Balaban J connectivity index is 1.52. The van der Waals surface area contributed by atoms with E-state index in [0.717, 1.165) is 56.2 Å². The van der Waals surface area contributed by atoms with Gasteiger partial charge in [-0.05, 0) is 87.3 Å². The van der Waals surface area contributed by atoms with Crippen LogP contribution in [0.15, 0.2) is 39.2 Å². The molecular formula is C46H51O10S8. The van der Waals surface area contributed by atoms with Crippen LogP contribution in [0.5, 0.6) is 23.0 Å². The van der Waals surface area contributed by atoms with Gasteiger partial charge in [0.1, 0.15) is 0 Å². The molecule has 0 saturated heterocycles. The molecule has 343 valence electrons. The lowest BCUT2D eigenvalue weighted by molar-refractivity contribution is -0.0492. The molecule has 3 aromatic rings. The highest BCUT2D eigenvalue weighted by Crippen LogP contribution is 2.73. The summed E-state index contributed by atoms with van der Waals surface area (Å²) < 4.78 is 43.1. The Kier molecular flexibility index (Phi) is 11.6. The van der Waals surface area contributed by atoms with Gasteiger partial charge in [0.2, 0.25) is 11.6 Å². The SMILES string of the molecule is CCOC(=O)c1c2c(c([C](c3c4c(c(C(=O)OCC)c5c3SC(C)(C)S5)SC(C)(C)S4)c3c4c(c(C(=O)OCC)c5c3SC(C)(C)S5)SC(C)(C)S4)c3c1OC(C)(C)O3)OC(C)(C)O2. The van der Waals surface area contributed by atoms with Gasteiger partial charge in [-0.2, -0.15) is 0 Å². The van der Waals surface area contributed by atoms with Crippen molar-refractivity contribution in [1.82, 2.24) is 0 Å². The molecule has 0 fully saturated rings. The van der Waals surface area contributed by atoms with Crippen molar-refractivity contribution in [3.63, 3.8) is 0 Å². The average Bonchev–Trinajstić information content (AvgIpc) is 3.96. The van der Waals surface area contributed by atoms with Gasteiger partial charge in [0, 0.05) is 66.9 Å². The van der Waals surface area contributed by atoms with Crippen LogP contribution < -0.4 is 18.9 Å². The Morgan fingerprint density at radius 2 is 0.578 bits per heavy atom. The van der Waals surface area contributed by atoms with Crippen LogP contribution in [0.1, 0.15) is 152 Å². The van der Waals surface area contributed by atoms with Crippen LogP contribution in [0.2, 0.25) is 0 Å². The van der Waals surface area contributed by atoms with Gasteiger partial charge >= 0.3 is 17.9 Å². The van der Waals surface area contributed by atoms with Gasteiger partial charge in [0.25, 0.3) is 0 Å². The average molecular weight is 1020 g/mol. The minimum atomic E-state index is -1.22. The molecule has 0 amide bonds. The molecule has 0 bridgehead atoms. The highest BCUT2D eigenvalue weighted by atomic mass is 32.2. The fourth-order valence-electron chi connectivity index (χ4n) is 8.45. The predicted molar refractivity (Wildman–Crippen MR) is 262 cm³/mol. The number of hydrogen-bond acceptors (Lipinski definition) is 18. The van der Waals surface area contributed by atoms with Crippen molar-refractivity contribution in [3.05, 3.63) is 39.3 Å². The van der Waals surface area contributed by atoms with Gasteiger partial charge in [0.05, 0.1) is 58.7 Å². The summed E-state index contributed by atoms with van der Waals surface area (Å²) in [4.78, 5) is 50.0. The first-order chi connectivity index (χ1) is 29.7. The zero-order valence-electron chi connectivity index (χ0n) is 38.5. The molecule has 0 aliphatic carbocycles. The molecule has 10 nitrogen and oxygen atoms in total. The van der Waals surface area contributed by atoms with Crippen LogP contribution in [-0.4, -0.2) is 65.6 Å². The van der Waals surface area contributed by atoms with E-state index in [-0.39, 0.29) is 65.1 Å². The number of carbonyl (C=O) groups is 3. The Bertz CT molecular complexity index is 2180. The zero-order chi connectivity index (χ0) is 46.4. The number of thioether (sulfide) groups is 8. The van der Waals surface area contributed by atoms with E-state index < -0.39 is 17.5 Å². The van der Waals surface area contributed by atoms with E-state index in [0.29, 0.717) is 28.2 Å². The molecule has 1 radical (unpaired) electrons. The van der Waals surface area contributed by atoms with Crippen molar-refractivity contribution in [2.45, 2.75) is 171 Å². The molecule has 9 rings (SSSR count). The van der Waals surface area contributed by atoms with Gasteiger partial charge < -0.3 is 33.2 Å². The standard InChI is InChI=1S/C46H51O10S8/c1-16-50-38(47)23-28-26(53-41(4,5)55-28)20(27-29(23)56-42(6,7)54-27)19(21-30-34(61-43(8,9)57-30)24(39(48)51-17-2)35-31(21)58-44(10,11)62-35)22-32-36(63-45(12,13)59-32)25(40(49)52-18-3)37-33(22)60-46(14,15)64-37/h16-18H2,1-15H3. The Hall–Kier alpha value is -1.93. The van der Waals surface area contributed by atoms with Crippen molar-refractivity contribution in [2.75, 3.05) is 19.8 Å². The summed E-state index contributed by atoms with van der Waals surface area (Å²) in [5.74, 6) is -2.01. The maximum atomic E-state index is 14.4. The highest BCUT2D eigenvalue weighted by Gasteiger charge is 2.55. The smallest absolute Gasteiger partial charge is 0.346 e. The van der Waals surface area contributed by atoms with Crippen LogP contribution in [0.25, 0.3) is 0 Å². The number of fused-ring (bicyclic) bond motifs is 6. The first-order valence-electron chi connectivity index (χ1n) is 21.1. The molecule has 0 saturated carbocycles. The number of esters is 3. The number of hydrogen-bond donors (Lipinski definition) is 0. The summed E-state index contributed by atoms with van der Waals surface area (Å²) in [6, 6.07) is 0. The van der Waals surface area contributed by atoms with Crippen LogP contribution in [-0.2, 0) is 14.2 Å². The van der Waals surface area contributed by atoms with Crippen LogP contribution in [0, 0.1) is 5.92 Å². The maximum absolute atomic E-state index is 14.4. The first kappa shape index (κ1) is 47.1. The monoisotopic (exact) mass is 1020 g/mol. The number of rotatable bonds is 9. The zero-order valence-corrected chi connectivity index (χ0v) is 45.0. The molecule has 6 aliphatic heterocycles. The summed E-state index contributed by atoms with van der Waals surface area (Å²) in [7, 11) is 0. The molecular weight excluding hydrogens is 969 g/mol. The fraction of sp³-hybridized carbons (Fsp3) is 0.522. The Labute approximate surface area is 409 Å². The third-order valence-corrected chi connectivity index (χ3v) is 21.7. The molecule has 0 aromatic heterocycles. The van der Waals surface area contributed by atoms with E-state index in [9.17, 15) is 14.4 Å². The first-order valence-corrected chi connectivity index (χ1v) is 27.6. The minimum Gasteiger partial charge on any atom is -0.462 e. The second kappa shape index (κ2) is 15.8. The number of carbonyl (C=O) groups excluding carboxylic acids is 3. The summed E-state index contributed by atoms with van der Waals surface area (Å²) in [6.07, 6.45) is 0. The lowest BCUT2D eigenvalue weighted by Gasteiger charge is -2.30. The molecule has 3 aromatic carbocycles. The van der Waals surface area contributed by atoms with Crippen molar-refractivity contribution in [3.8, 4) is 23.0 Å². The van der Waals surface area contributed by atoms with Crippen molar-refractivity contribution in [2.24, 2.45) is 0 Å². The summed E-state index contributed by atoms with van der Waals surface area (Å²) in [5.41, 5.74) is 3.58. The fourth-order valence-corrected chi connectivity index (χ4v) is 20.2. The van der Waals surface area contributed by atoms with Crippen molar-refractivity contribution < 1.29 is 47.5 Å². The maximum Gasteiger partial charge on any atom is 0.346 e. The second-order valence-electron chi connectivity index (χ2n) is 18.4. The van der Waals surface area contributed by atoms with E-state index >= 15 is 0 Å². The third-order valence-electron chi connectivity index (χ3n) is 10.3. The number of benzene rings is 3. The molecule has 0 unspecified atom stereocenters. The Morgan fingerprint density at radius 3 is 0.828 bits per heavy atom. The molecule has 6 aliphatic rings. The van der Waals surface area contributed by atoms with Crippen LogP contribution in [0.3, 0.4) is 0 Å². The second-order valence-corrected chi connectivity index (χ2v) is 32.5. The molecule has 6 heterocycles. The van der Waals surface area contributed by atoms with Gasteiger partial charge in [-0.3, -0.25) is 0 Å². The summed E-state index contributed by atoms with van der Waals surface area (Å²) in [6.45, 7) is 30.6. The van der Waals surface area contributed by atoms with Gasteiger partial charge in [-0.1, -0.05) is 0 Å². The topological polar surface area (TPSA) is 116 Å². The van der Waals surface area contributed by atoms with Crippen LogP contribution in [0.4, 0.5) is 0 Å².